The summed E-state index contributed by atoms with van der Waals surface area (Å²) in [6.07, 6.45) is 3.74. The molecule has 0 amide bonds. The molecule has 3 aliphatic heterocycles. The zero-order valence-electron chi connectivity index (χ0n) is 18.2. The first-order valence-corrected chi connectivity index (χ1v) is 11.6. The first kappa shape index (κ1) is 20.9. The Morgan fingerprint density at radius 1 is 0.903 bits per heavy atom. The van der Waals surface area contributed by atoms with Gasteiger partial charge in [0.2, 0.25) is 5.88 Å². The standard InChI is InChI=1S/C23H33N5O3/c1-5-26(12-15-29-13-1)6-7-27-8-10-28(11-9-27)19-2-3-22-21(16-19)23(25-18-24-22)31-20-4-14-30-17-20/h2-3,16,18,20H,1,4-15,17H2. The SMILES string of the molecule is c1nc(OC2CCOC2)c2cc(N3CCN(CCN4CCCOCC4)CC3)ccc2n1. The van der Waals surface area contributed by atoms with Crippen molar-refractivity contribution in [2.45, 2.75) is 18.9 Å². The molecule has 0 radical (unpaired) electrons. The van der Waals surface area contributed by atoms with Gasteiger partial charge in [0, 0.05) is 71.1 Å². The fraction of sp³-hybridized carbons (Fsp3) is 0.652. The number of rotatable bonds is 6. The summed E-state index contributed by atoms with van der Waals surface area (Å²) < 4.78 is 17.1. The minimum atomic E-state index is 0.0843. The second-order valence-electron chi connectivity index (χ2n) is 8.62. The Morgan fingerprint density at radius 2 is 1.77 bits per heavy atom. The van der Waals surface area contributed by atoms with Crippen molar-refractivity contribution in [3.8, 4) is 5.88 Å². The van der Waals surface area contributed by atoms with Crippen molar-refractivity contribution in [2.75, 3.05) is 83.7 Å². The van der Waals surface area contributed by atoms with Crippen molar-refractivity contribution in [1.29, 1.82) is 0 Å². The summed E-state index contributed by atoms with van der Waals surface area (Å²) >= 11 is 0. The lowest BCUT2D eigenvalue weighted by Crippen LogP contribution is -2.48. The molecule has 0 saturated carbocycles. The van der Waals surface area contributed by atoms with E-state index in [4.69, 9.17) is 14.2 Å². The Bertz CT molecular complexity index is 844. The van der Waals surface area contributed by atoms with Crippen LogP contribution in [0, 0.1) is 0 Å². The second-order valence-corrected chi connectivity index (χ2v) is 8.62. The molecule has 4 heterocycles. The van der Waals surface area contributed by atoms with E-state index in [1.54, 1.807) is 6.33 Å². The molecule has 2 aromatic rings. The van der Waals surface area contributed by atoms with Gasteiger partial charge in [-0.25, -0.2) is 9.97 Å². The van der Waals surface area contributed by atoms with Crippen molar-refractivity contribution < 1.29 is 14.2 Å². The number of hydrogen-bond donors (Lipinski definition) is 0. The van der Waals surface area contributed by atoms with E-state index in [-0.39, 0.29) is 6.10 Å². The van der Waals surface area contributed by atoms with Crippen molar-refractivity contribution in [1.82, 2.24) is 19.8 Å². The molecular formula is C23H33N5O3. The van der Waals surface area contributed by atoms with Crippen LogP contribution in [-0.4, -0.2) is 105 Å². The molecule has 168 valence electrons. The monoisotopic (exact) mass is 427 g/mol. The molecule has 1 unspecified atom stereocenters. The molecular weight excluding hydrogens is 394 g/mol. The van der Waals surface area contributed by atoms with E-state index in [0.717, 1.165) is 95.9 Å². The first-order chi connectivity index (χ1) is 15.3. The molecule has 0 N–H and O–H groups in total. The molecule has 1 aromatic heterocycles. The smallest absolute Gasteiger partial charge is 0.224 e. The van der Waals surface area contributed by atoms with E-state index >= 15 is 0 Å². The lowest BCUT2D eigenvalue weighted by molar-refractivity contribution is 0.137. The van der Waals surface area contributed by atoms with E-state index in [2.05, 4.69) is 42.9 Å². The summed E-state index contributed by atoms with van der Waals surface area (Å²) in [6.45, 7) is 11.9. The summed E-state index contributed by atoms with van der Waals surface area (Å²) in [5.41, 5.74) is 2.15. The maximum absolute atomic E-state index is 6.13. The van der Waals surface area contributed by atoms with Gasteiger partial charge in [-0.2, -0.15) is 0 Å². The van der Waals surface area contributed by atoms with Crippen LogP contribution < -0.4 is 9.64 Å². The largest absolute Gasteiger partial charge is 0.471 e. The highest BCUT2D eigenvalue weighted by atomic mass is 16.5. The van der Waals surface area contributed by atoms with Crippen LogP contribution in [-0.2, 0) is 9.47 Å². The number of nitrogens with zero attached hydrogens (tertiary/aromatic N) is 5. The van der Waals surface area contributed by atoms with E-state index in [0.29, 0.717) is 12.5 Å². The third kappa shape index (κ3) is 5.26. The summed E-state index contributed by atoms with van der Waals surface area (Å²) in [5.74, 6) is 0.669. The van der Waals surface area contributed by atoms with E-state index in [1.807, 2.05) is 0 Å². The minimum Gasteiger partial charge on any atom is -0.471 e. The van der Waals surface area contributed by atoms with E-state index < -0.39 is 0 Å². The highest BCUT2D eigenvalue weighted by Gasteiger charge is 2.21. The number of aromatic nitrogens is 2. The topological polar surface area (TPSA) is 63.2 Å². The molecule has 3 saturated heterocycles. The van der Waals surface area contributed by atoms with Crippen LogP contribution in [0.3, 0.4) is 0 Å². The van der Waals surface area contributed by atoms with Gasteiger partial charge in [-0.3, -0.25) is 9.80 Å². The number of ether oxygens (including phenoxy) is 3. The molecule has 5 rings (SSSR count). The highest BCUT2D eigenvalue weighted by molar-refractivity contribution is 5.86. The molecule has 3 fully saturated rings. The van der Waals surface area contributed by atoms with Gasteiger partial charge < -0.3 is 19.1 Å². The third-order valence-corrected chi connectivity index (χ3v) is 6.53. The van der Waals surface area contributed by atoms with Crippen LogP contribution in [0.4, 0.5) is 5.69 Å². The van der Waals surface area contributed by atoms with Crippen LogP contribution in [0.15, 0.2) is 24.5 Å². The van der Waals surface area contributed by atoms with Crippen LogP contribution in [0.5, 0.6) is 5.88 Å². The number of hydrogen-bond acceptors (Lipinski definition) is 8. The van der Waals surface area contributed by atoms with Gasteiger partial charge in [0.25, 0.3) is 0 Å². The number of anilines is 1. The van der Waals surface area contributed by atoms with E-state index in [9.17, 15) is 0 Å². The lowest BCUT2D eigenvalue weighted by Gasteiger charge is -2.37. The van der Waals surface area contributed by atoms with Crippen LogP contribution in [0.25, 0.3) is 10.9 Å². The fourth-order valence-corrected chi connectivity index (χ4v) is 4.61. The van der Waals surface area contributed by atoms with Crippen molar-refractivity contribution in [2.24, 2.45) is 0 Å². The number of fused-ring (bicyclic) bond motifs is 1. The van der Waals surface area contributed by atoms with Gasteiger partial charge in [0.1, 0.15) is 12.4 Å². The lowest BCUT2D eigenvalue weighted by atomic mass is 10.2. The van der Waals surface area contributed by atoms with Gasteiger partial charge in [-0.1, -0.05) is 0 Å². The summed E-state index contributed by atoms with van der Waals surface area (Å²) in [5, 5.41) is 0.984. The van der Waals surface area contributed by atoms with Crippen LogP contribution >= 0.6 is 0 Å². The molecule has 8 nitrogen and oxygen atoms in total. The minimum absolute atomic E-state index is 0.0843. The molecule has 0 spiro atoms. The van der Waals surface area contributed by atoms with Crippen molar-refractivity contribution in [3.63, 3.8) is 0 Å². The molecule has 31 heavy (non-hydrogen) atoms. The maximum atomic E-state index is 6.13. The molecule has 1 aromatic carbocycles. The van der Waals surface area contributed by atoms with Gasteiger partial charge in [0.15, 0.2) is 0 Å². The van der Waals surface area contributed by atoms with Crippen molar-refractivity contribution >= 4 is 16.6 Å². The molecule has 0 bridgehead atoms. The van der Waals surface area contributed by atoms with Gasteiger partial charge in [-0.05, 0) is 24.6 Å². The van der Waals surface area contributed by atoms with Crippen molar-refractivity contribution in [3.05, 3.63) is 24.5 Å². The fourth-order valence-electron chi connectivity index (χ4n) is 4.61. The first-order valence-electron chi connectivity index (χ1n) is 11.6. The normalized spacial score (nSPS) is 23.9. The Balaban J connectivity index is 1.19. The molecule has 8 heteroatoms. The Morgan fingerprint density at radius 3 is 2.61 bits per heavy atom. The zero-order valence-corrected chi connectivity index (χ0v) is 18.2. The number of benzene rings is 1. The predicted molar refractivity (Wildman–Crippen MR) is 120 cm³/mol. The Kier molecular flexibility index (Phi) is 6.79. The predicted octanol–water partition coefficient (Wildman–Crippen LogP) is 1.64. The summed E-state index contributed by atoms with van der Waals surface area (Å²) in [7, 11) is 0. The Labute approximate surface area is 184 Å². The Hall–Kier alpha value is -2.00. The quantitative estimate of drug-likeness (QED) is 0.690. The van der Waals surface area contributed by atoms with Crippen LogP contribution in [0.1, 0.15) is 12.8 Å². The number of piperazine rings is 1. The van der Waals surface area contributed by atoms with Gasteiger partial charge >= 0.3 is 0 Å². The highest BCUT2D eigenvalue weighted by Crippen LogP contribution is 2.28. The second kappa shape index (κ2) is 10.1. The average Bonchev–Trinajstić information content (AvgIpc) is 3.19. The third-order valence-electron chi connectivity index (χ3n) is 6.53. The zero-order chi connectivity index (χ0) is 20.9. The van der Waals surface area contributed by atoms with E-state index in [1.165, 1.54) is 5.69 Å². The maximum Gasteiger partial charge on any atom is 0.224 e. The van der Waals surface area contributed by atoms with Gasteiger partial charge in [0.05, 0.1) is 30.7 Å². The average molecular weight is 428 g/mol. The molecule has 0 aliphatic carbocycles. The molecule has 1 atom stereocenters. The summed E-state index contributed by atoms with van der Waals surface area (Å²) in [4.78, 5) is 16.4. The van der Waals surface area contributed by atoms with Crippen LogP contribution in [0.2, 0.25) is 0 Å². The molecule has 3 aliphatic rings. The van der Waals surface area contributed by atoms with Gasteiger partial charge in [-0.15, -0.1) is 0 Å². The summed E-state index contributed by atoms with van der Waals surface area (Å²) in [6, 6.07) is 6.44.